The van der Waals surface area contributed by atoms with E-state index in [-0.39, 0.29) is 0 Å². The summed E-state index contributed by atoms with van der Waals surface area (Å²) >= 11 is 0. The standard InChI is InChI=1S/C16H27N3/c1-13(2)16(4-5-16)11-19-12-18-10-14(19)15(3)6-8-17-9-7-15/h10,12-13,17H,4-9,11H2,1-3H3. The largest absolute Gasteiger partial charge is 0.334 e. The van der Waals surface area contributed by atoms with E-state index in [9.17, 15) is 0 Å². The molecule has 0 radical (unpaired) electrons. The average molecular weight is 261 g/mol. The van der Waals surface area contributed by atoms with E-state index < -0.39 is 0 Å². The molecular weight excluding hydrogens is 234 g/mol. The summed E-state index contributed by atoms with van der Waals surface area (Å²) in [5.41, 5.74) is 2.33. The SMILES string of the molecule is CC(C)C1(Cn2cncc2C2(C)CCNCC2)CC1. The van der Waals surface area contributed by atoms with Crippen LogP contribution in [0.1, 0.15) is 52.1 Å². The van der Waals surface area contributed by atoms with E-state index in [0.717, 1.165) is 19.0 Å². The maximum Gasteiger partial charge on any atom is 0.0948 e. The Labute approximate surface area is 116 Å². The molecule has 3 rings (SSSR count). The van der Waals surface area contributed by atoms with E-state index in [4.69, 9.17) is 0 Å². The second-order valence-electron chi connectivity index (χ2n) is 7.23. The van der Waals surface area contributed by atoms with E-state index in [1.54, 1.807) is 0 Å². The van der Waals surface area contributed by atoms with E-state index in [2.05, 4.69) is 48.2 Å². The van der Waals surface area contributed by atoms with Crippen LogP contribution in [0, 0.1) is 11.3 Å². The van der Waals surface area contributed by atoms with Gasteiger partial charge in [0.15, 0.2) is 0 Å². The highest BCUT2D eigenvalue weighted by Gasteiger charge is 2.46. The van der Waals surface area contributed by atoms with Gasteiger partial charge < -0.3 is 9.88 Å². The third-order valence-electron chi connectivity index (χ3n) is 5.64. The zero-order chi connectivity index (χ0) is 13.5. The first-order valence-corrected chi connectivity index (χ1v) is 7.77. The Morgan fingerprint density at radius 1 is 1.26 bits per heavy atom. The molecule has 3 heteroatoms. The summed E-state index contributed by atoms with van der Waals surface area (Å²) in [4.78, 5) is 4.46. The van der Waals surface area contributed by atoms with Crippen LogP contribution in [0.25, 0.3) is 0 Å². The number of hydrogen-bond donors (Lipinski definition) is 1. The quantitative estimate of drug-likeness (QED) is 0.903. The minimum Gasteiger partial charge on any atom is -0.334 e. The monoisotopic (exact) mass is 261 g/mol. The summed E-state index contributed by atoms with van der Waals surface area (Å²) in [7, 11) is 0. The Balaban J connectivity index is 1.82. The van der Waals surface area contributed by atoms with Crippen LogP contribution in [0.2, 0.25) is 0 Å². The summed E-state index contributed by atoms with van der Waals surface area (Å²) in [6.07, 6.45) is 9.41. The lowest BCUT2D eigenvalue weighted by atomic mass is 9.78. The van der Waals surface area contributed by atoms with Crippen molar-refractivity contribution >= 4 is 0 Å². The molecule has 0 bridgehead atoms. The third-order valence-corrected chi connectivity index (χ3v) is 5.64. The predicted octanol–water partition coefficient (Wildman–Crippen LogP) is 2.96. The van der Waals surface area contributed by atoms with Gasteiger partial charge in [-0.1, -0.05) is 20.8 Å². The van der Waals surface area contributed by atoms with Gasteiger partial charge in [-0.25, -0.2) is 4.98 Å². The van der Waals surface area contributed by atoms with Gasteiger partial charge in [-0.05, 0) is 50.1 Å². The van der Waals surface area contributed by atoms with E-state index in [1.807, 2.05) is 0 Å². The van der Waals surface area contributed by atoms with Crippen molar-refractivity contribution in [2.75, 3.05) is 13.1 Å². The molecule has 0 spiro atoms. The molecule has 106 valence electrons. The van der Waals surface area contributed by atoms with Crippen molar-refractivity contribution in [1.82, 2.24) is 14.9 Å². The van der Waals surface area contributed by atoms with Crippen molar-refractivity contribution < 1.29 is 0 Å². The molecule has 2 heterocycles. The smallest absolute Gasteiger partial charge is 0.0948 e. The van der Waals surface area contributed by atoms with E-state index in [1.165, 1.54) is 37.9 Å². The molecule has 19 heavy (non-hydrogen) atoms. The molecule has 3 nitrogen and oxygen atoms in total. The zero-order valence-electron chi connectivity index (χ0n) is 12.6. The van der Waals surface area contributed by atoms with Crippen molar-refractivity contribution in [3.63, 3.8) is 0 Å². The summed E-state index contributed by atoms with van der Waals surface area (Å²) in [6.45, 7) is 10.6. The lowest BCUT2D eigenvalue weighted by molar-refractivity contribution is 0.275. The molecule has 0 amide bonds. The lowest BCUT2D eigenvalue weighted by Crippen LogP contribution is -2.39. The van der Waals surface area contributed by atoms with Crippen molar-refractivity contribution in [3.05, 3.63) is 18.2 Å². The minimum absolute atomic E-state index is 0.314. The molecule has 2 aliphatic rings. The van der Waals surface area contributed by atoms with Gasteiger partial charge >= 0.3 is 0 Å². The minimum atomic E-state index is 0.314. The number of rotatable bonds is 4. The fraction of sp³-hybridized carbons (Fsp3) is 0.812. The molecule has 1 aromatic heterocycles. The second kappa shape index (κ2) is 4.62. The Morgan fingerprint density at radius 3 is 2.53 bits per heavy atom. The maximum atomic E-state index is 4.46. The Hall–Kier alpha value is -0.830. The molecule has 0 aromatic carbocycles. The van der Waals surface area contributed by atoms with Gasteiger partial charge in [0.1, 0.15) is 0 Å². The number of nitrogens with one attached hydrogen (secondary N) is 1. The first-order valence-electron chi connectivity index (χ1n) is 7.77. The average Bonchev–Trinajstić information content (AvgIpc) is 3.00. The molecule has 0 atom stereocenters. The van der Waals surface area contributed by atoms with Crippen LogP contribution < -0.4 is 5.32 Å². The number of nitrogens with zero attached hydrogens (tertiary/aromatic N) is 2. The lowest BCUT2D eigenvalue weighted by Gasteiger charge is -2.35. The van der Waals surface area contributed by atoms with Crippen LogP contribution in [0.4, 0.5) is 0 Å². The number of hydrogen-bond acceptors (Lipinski definition) is 2. The highest BCUT2D eigenvalue weighted by molar-refractivity contribution is 5.16. The molecule has 1 N–H and O–H groups in total. The molecule has 1 saturated carbocycles. The van der Waals surface area contributed by atoms with E-state index in [0.29, 0.717) is 10.8 Å². The normalized spacial score (nSPS) is 24.6. The highest BCUT2D eigenvalue weighted by Crippen LogP contribution is 2.53. The van der Waals surface area contributed by atoms with Crippen LogP contribution in [-0.2, 0) is 12.0 Å². The molecule has 1 aliphatic carbocycles. The van der Waals surface area contributed by atoms with Gasteiger partial charge in [0.05, 0.1) is 6.33 Å². The van der Waals surface area contributed by atoms with E-state index >= 15 is 0 Å². The topological polar surface area (TPSA) is 29.9 Å². The van der Waals surface area contributed by atoms with Crippen LogP contribution in [0.15, 0.2) is 12.5 Å². The van der Waals surface area contributed by atoms with Gasteiger partial charge in [0, 0.05) is 23.9 Å². The fourth-order valence-electron chi connectivity index (χ4n) is 3.60. The Bertz CT molecular complexity index is 437. The molecule has 2 fully saturated rings. The van der Waals surface area contributed by atoms with Gasteiger partial charge in [-0.15, -0.1) is 0 Å². The van der Waals surface area contributed by atoms with Gasteiger partial charge in [-0.2, -0.15) is 0 Å². The van der Waals surface area contributed by atoms with Crippen molar-refractivity contribution in [2.45, 2.75) is 58.4 Å². The third kappa shape index (κ3) is 2.33. The number of imidazole rings is 1. The maximum absolute atomic E-state index is 4.46. The van der Waals surface area contributed by atoms with Gasteiger partial charge in [0.2, 0.25) is 0 Å². The highest BCUT2D eigenvalue weighted by atomic mass is 15.1. The van der Waals surface area contributed by atoms with Gasteiger partial charge in [-0.3, -0.25) is 0 Å². The Kier molecular flexibility index (Phi) is 3.20. The molecule has 1 aromatic rings. The number of piperidine rings is 1. The summed E-state index contributed by atoms with van der Waals surface area (Å²) in [5, 5.41) is 3.47. The van der Waals surface area contributed by atoms with Crippen LogP contribution in [0.5, 0.6) is 0 Å². The van der Waals surface area contributed by atoms with Crippen molar-refractivity contribution in [3.8, 4) is 0 Å². The first kappa shape index (κ1) is 13.2. The predicted molar refractivity (Wildman–Crippen MR) is 78.2 cm³/mol. The molecule has 1 saturated heterocycles. The summed E-state index contributed by atoms with van der Waals surface area (Å²) in [5.74, 6) is 0.781. The van der Waals surface area contributed by atoms with Crippen molar-refractivity contribution in [2.24, 2.45) is 11.3 Å². The van der Waals surface area contributed by atoms with Crippen LogP contribution >= 0.6 is 0 Å². The second-order valence-corrected chi connectivity index (χ2v) is 7.23. The molecular formula is C16H27N3. The zero-order valence-corrected chi connectivity index (χ0v) is 12.6. The fourth-order valence-corrected chi connectivity index (χ4v) is 3.60. The molecule has 0 unspecified atom stereocenters. The van der Waals surface area contributed by atoms with Gasteiger partial charge in [0.25, 0.3) is 0 Å². The van der Waals surface area contributed by atoms with Crippen molar-refractivity contribution in [1.29, 1.82) is 0 Å². The molecule has 1 aliphatic heterocycles. The summed E-state index contributed by atoms with van der Waals surface area (Å²) < 4.78 is 2.46. The summed E-state index contributed by atoms with van der Waals surface area (Å²) in [6, 6.07) is 0. The van der Waals surface area contributed by atoms with Crippen LogP contribution in [0.3, 0.4) is 0 Å². The van der Waals surface area contributed by atoms with Crippen LogP contribution in [-0.4, -0.2) is 22.6 Å². The number of aromatic nitrogens is 2. The Morgan fingerprint density at radius 2 is 1.95 bits per heavy atom. The first-order chi connectivity index (χ1) is 9.06.